The molecule has 0 aliphatic heterocycles. The number of rotatable bonds is 6. The number of para-hydroxylation sites is 1. The van der Waals surface area contributed by atoms with Crippen molar-refractivity contribution in [2.75, 3.05) is 14.2 Å². The molecule has 7 heteroatoms. The van der Waals surface area contributed by atoms with Gasteiger partial charge in [-0.1, -0.05) is 24.3 Å². The lowest BCUT2D eigenvalue weighted by Gasteiger charge is -2.12. The maximum atomic E-state index is 12.4. The summed E-state index contributed by atoms with van der Waals surface area (Å²) in [6, 6.07) is 11.8. The summed E-state index contributed by atoms with van der Waals surface area (Å²) in [6.45, 7) is 2.04. The van der Waals surface area contributed by atoms with E-state index in [1.54, 1.807) is 20.1 Å². The quantitative estimate of drug-likeness (QED) is 0.834. The van der Waals surface area contributed by atoms with E-state index in [0.717, 1.165) is 5.56 Å². The SMILES string of the molecule is CNS(=O)(=O)c1ccc(C)c(C(=O)NCc2ccccc2OC)c1. The first-order chi connectivity index (χ1) is 11.4. The molecule has 0 radical (unpaired) electrons. The van der Waals surface area contributed by atoms with Crippen molar-refractivity contribution in [3.05, 3.63) is 59.2 Å². The predicted molar refractivity (Wildman–Crippen MR) is 91.6 cm³/mol. The van der Waals surface area contributed by atoms with E-state index in [2.05, 4.69) is 10.0 Å². The van der Waals surface area contributed by atoms with Gasteiger partial charge in [0, 0.05) is 17.7 Å². The van der Waals surface area contributed by atoms with E-state index in [9.17, 15) is 13.2 Å². The van der Waals surface area contributed by atoms with Gasteiger partial charge in [-0.05, 0) is 37.7 Å². The number of hydrogen-bond acceptors (Lipinski definition) is 4. The van der Waals surface area contributed by atoms with E-state index in [1.165, 1.54) is 19.2 Å². The number of carbonyl (C=O) groups is 1. The van der Waals surface area contributed by atoms with E-state index >= 15 is 0 Å². The fraction of sp³-hybridized carbons (Fsp3) is 0.235. The van der Waals surface area contributed by atoms with E-state index in [0.29, 0.717) is 16.9 Å². The molecular formula is C17H20N2O4S. The third-order valence-corrected chi connectivity index (χ3v) is 5.08. The molecule has 0 unspecified atom stereocenters. The number of ether oxygens (including phenoxy) is 1. The molecule has 24 heavy (non-hydrogen) atoms. The van der Waals surface area contributed by atoms with E-state index in [1.807, 2.05) is 24.3 Å². The Hall–Kier alpha value is -2.38. The van der Waals surface area contributed by atoms with Crippen LogP contribution in [0.25, 0.3) is 0 Å². The number of amides is 1. The van der Waals surface area contributed by atoms with Crippen molar-refractivity contribution in [3.8, 4) is 5.75 Å². The Morgan fingerprint density at radius 2 is 1.88 bits per heavy atom. The molecular weight excluding hydrogens is 328 g/mol. The molecule has 0 bridgehead atoms. The first kappa shape index (κ1) is 18.0. The molecule has 0 fully saturated rings. The Bertz CT molecular complexity index is 847. The first-order valence-electron chi connectivity index (χ1n) is 7.33. The van der Waals surface area contributed by atoms with Gasteiger partial charge in [-0.25, -0.2) is 13.1 Å². The molecule has 128 valence electrons. The zero-order valence-electron chi connectivity index (χ0n) is 13.8. The highest BCUT2D eigenvalue weighted by atomic mass is 32.2. The summed E-state index contributed by atoms with van der Waals surface area (Å²) < 4.78 is 31.3. The number of benzene rings is 2. The summed E-state index contributed by atoms with van der Waals surface area (Å²) in [5.74, 6) is 0.340. The Kier molecular flexibility index (Phi) is 5.58. The van der Waals surface area contributed by atoms with Crippen LogP contribution in [0.3, 0.4) is 0 Å². The van der Waals surface area contributed by atoms with Gasteiger partial charge in [-0.2, -0.15) is 0 Å². The van der Waals surface area contributed by atoms with Crippen molar-refractivity contribution < 1.29 is 17.9 Å². The van der Waals surface area contributed by atoms with Gasteiger partial charge in [-0.3, -0.25) is 4.79 Å². The number of sulfonamides is 1. The average molecular weight is 348 g/mol. The van der Waals surface area contributed by atoms with Crippen LogP contribution >= 0.6 is 0 Å². The highest BCUT2D eigenvalue weighted by Gasteiger charge is 2.16. The van der Waals surface area contributed by atoms with Crippen LogP contribution in [0.4, 0.5) is 0 Å². The van der Waals surface area contributed by atoms with Gasteiger partial charge in [0.2, 0.25) is 10.0 Å². The normalized spacial score (nSPS) is 11.1. The predicted octanol–water partition coefficient (Wildman–Crippen LogP) is 1.84. The summed E-state index contributed by atoms with van der Waals surface area (Å²) in [5.41, 5.74) is 1.86. The number of nitrogens with one attached hydrogen (secondary N) is 2. The maximum Gasteiger partial charge on any atom is 0.251 e. The van der Waals surface area contributed by atoms with E-state index in [4.69, 9.17) is 4.74 Å². The molecule has 2 aromatic rings. The molecule has 0 aliphatic rings. The molecule has 2 N–H and O–H groups in total. The molecule has 1 amide bonds. The zero-order chi connectivity index (χ0) is 17.7. The van der Waals surface area contributed by atoms with Gasteiger partial charge in [0.25, 0.3) is 5.91 Å². The van der Waals surface area contributed by atoms with Crippen LogP contribution in [0.15, 0.2) is 47.4 Å². The second-order valence-corrected chi connectivity index (χ2v) is 7.07. The van der Waals surface area contributed by atoms with Gasteiger partial charge in [0.15, 0.2) is 0 Å². The lowest BCUT2D eigenvalue weighted by Crippen LogP contribution is -2.25. The van der Waals surface area contributed by atoms with Crippen molar-refractivity contribution in [2.45, 2.75) is 18.4 Å². The minimum absolute atomic E-state index is 0.0537. The fourth-order valence-electron chi connectivity index (χ4n) is 2.25. The maximum absolute atomic E-state index is 12.4. The average Bonchev–Trinajstić information content (AvgIpc) is 2.60. The van der Waals surface area contributed by atoms with Crippen LogP contribution in [0.1, 0.15) is 21.5 Å². The summed E-state index contributed by atoms with van der Waals surface area (Å²) in [7, 11) is -0.702. The van der Waals surface area contributed by atoms with Crippen LogP contribution in [0.5, 0.6) is 5.75 Å². The molecule has 0 saturated heterocycles. The molecule has 2 aromatic carbocycles. The number of carbonyl (C=O) groups excluding carboxylic acids is 1. The highest BCUT2D eigenvalue weighted by Crippen LogP contribution is 2.18. The molecule has 6 nitrogen and oxygen atoms in total. The molecule has 0 heterocycles. The minimum atomic E-state index is -3.60. The Labute approximate surface area is 141 Å². The second-order valence-electron chi connectivity index (χ2n) is 5.18. The van der Waals surface area contributed by atoms with Crippen LogP contribution in [0, 0.1) is 6.92 Å². The van der Waals surface area contributed by atoms with Gasteiger partial charge >= 0.3 is 0 Å². The molecule has 0 atom stereocenters. The topological polar surface area (TPSA) is 84.5 Å². The number of hydrogen-bond donors (Lipinski definition) is 2. The number of methoxy groups -OCH3 is 1. The third-order valence-electron chi connectivity index (χ3n) is 3.66. The monoisotopic (exact) mass is 348 g/mol. The summed E-state index contributed by atoms with van der Waals surface area (Å²) in [5, 5.41) is 2.79. The van der Waals surface area contributed by atoms with Crippen LogP contribution < -0.4 is 14.8 Å². The largest absolute Gasteiger partial charge is 0.496 e. The van der Waals surface area contributed by atoms with Crippen LogP contribution in [-0.4, -0.2) is 28.5 Å². The fourth-order valence-corrected chi connectivity index (χ4v) is 3.01. The summed E-state index contributed by atoms with van der Waals surface area (Å²) >= 11 is 0. The Morgan fingerprint density at radius 3 is 2.54 bits per heavy atom. The summed E-state index contributed by atoms with van der Waals surface area (Å²) in [4.78, 5) is 12.5. The minimum Gasteiger partial charge on any atom is -0.496 e. The molecule has 0 aromatic heterocycles. The Balaban J connectivity index is 2.22. The van der Waals surface area contributed by atoms with Crippen LogP contribution in [0.2, 0.25) is 0 Å². The smallest absolute Gasteiger partial charge is 0.251 e. The van der Waals surface area contributed by atoms with Gasteiger partial charge in [-0.15, -0.1) is 0 Å². The molecule has 0 aliphatic carbocycles. The molecule has 0 saturated carbocycles. The van der Waals surface area contributed by atoms with Crippen molar-refractivity contribution in [1.82, 2.24) is 10.0 Å². The van der Waals surface area contributed by atoms with Gasteiger partial charge in [0.05, 0.1) is 12.0 Å². The van der Waals surface area contributed by atoms with E-state index in [-0.39, 0.29) is 17.3 Å². The van der Waals surface area contributed by atoms with Crippen LogP contribution in [-0.2, 0) is 16.6 Å². The third kappa shape index (κ3) is 3.93. The van der Waals surface area contributed by atoms with Crippen molar-refractivity contribution in [3.63, 3.8) is 0 Å². The second kappa shape index (κ2) is 7.46. The standard InChI is InChI=1S/C17H20N2O4S/c1-12-8-9-14(24(21,22)18-2)10-15(12)17(20)19-11-13-6-4-5-7-16(13)23-3/h4-10,18H,11H2,1-3H3,(H,19,20). The van der Waals surface area contributed by atoms with Crippen molar-refractivity contribution >= 4 is 15.9 Å². The van der Waals surface area contributed by atoms with Gasteiger partial charge < -0.3 is 10.1 Å². The molecule has 0 spiro atoms. The summed E-state index contributed by atoms with van der Waals surface area (Å²) in [6.07, 6.45) is 0. The van der Waals surface area contributed by atoms with Gasteiger partial charge in [0.1, 0.15) is 5.75 Å². The first-order valence-corrected chi connectivity index (χ1v) is 8.81. The number of aryl methyl sites for hydroxylation is 1. The lowest BCUT2D eigenvalue weighted by atomic mass is 10.1. The zero-order valence-corrected chi connectivity index (χ0v) is 14.6. The highest BCUT2D eigenvalue weighted by molar-refractivity contribution is 7.89. The van der Waals surface area contributed by atoms with E-state index < -0.39 is 10.0 Å². The molecule has 2 rings (SSSR count). The lowest BCUT2D eigenvalue weighted by molar-refractivity contribution is 0.0950. The Morgan fingerprint density at radius 1 is 1.17 bits per heavy atom. The van der Waals surface area contributed by atoms with Crippen molar-refractivity contribution in [1.29, 1.82) is 0 Å². The van der Waals surface area contributed by atoms with Crippen molar-refractivity contribution in [2.24, 2.45) is 0 Å².